The van der Waals surface area contributed by atoms with Gasteiger partial charge in [-0.3, -0.25) is 4.90 Å². The van der Waals surface area contributed by atoms with Crippen LogP contribution in [0.25, 0.3) is 0 Å². The Kier molecular flexibility index (Phi) is 3.62. The van der Waals surface area contributed by atoms with Crippen molar-refractivity contribution in [1.29, 1.82) is 0 Å². The largest absolute Gasteiger partial charge is 0.334 e. The summed E-state index contributed by atoms with van der Waals surface area (Å²) in [4.78, 5) is 14.1. The van der Waals surface area contributed by atoms with Crippen LogP contribution in [-0.4, -0.2) is 31.7 Å². The van der Waals surface area contributed by atoms with Gasteiger partial charge in [0.15, 0.2) is 0 Å². The van der Waals surface area contributed by atoms with Gasteiger partial charge in [0.1, 0.15) is 0 Å². The molecule has 1 fully saturated rings. The van der Waals surface area contributed by atoms with Crippen LogP contribution in [0.15, 0.2) is 18.2 Å². The molecule has 4 nitrogen and oxygen atoms in total. The van der Waals surface area contributed by atoms with Gasteiger partial charge < -0.3 is 10.6 Å². The number of halogens is 1. The van der Waals surface area contributed by atoms with E-state index in [1.807, 2.05) is 23.1 Å². The lowest BCUT2D eigenvalue weighted by molar-refractivity contribution is 0.240. The number of nitrogens with zero attached hydrogens (tertiary/aromatic N) is 1. The first-order valence-corrected chi connectivity index (χ1v) is 7.19. The summed E-state index contributed by atoms with van der Waals surface area (Å²) < 4.78 is 0. The molecule has 1 unspecified atom stereocenters. The molecule has 0 bridgehead atoms. The molecule has 5 heteroatoms. The second-order valence-electron chi connectivity index (χ2n) is 5.17. The normalized spacial score (nSPS) is 22.2. The molecule has 3 rings (SSSR count). The molecule has 0 spiro atoms. The minimum Gasteiger partial charge on any atom is -0.334 e. The second kappa shape index (κ2) is 5.39. The van der Waals surface area contributed by atoms with Gasteiger partial charge in [-0.1, -0.05) is 11.6 Å². The molecule has 2 aliphatic heterocycles. The third-order valence-corrected chi connectivity index (χ3v) is 4.04. The lowest BCUT2D eigenvalue weighted by Crippen LogP contribution is -2.50. The number of hydrogen-bond donors (Lipinski definition) is 2. The second-order valence-corrected chi connectivity index (χ2v) is 5.60. The molecule has 2 aliphatic rings. The average molecular weight is 280 g/mol. The fraction of sp³-hybridized carbons (Fsp3) is 0.500. The van der Waals surface area contributed by atoms with Gasteiger partial charge >= 0.3 is 6.03 Å². The number of urea groups is 1. The summed E-state index contributed by atoms with van der Waals surface area (Å²) in [7, 11) is 0. The quantitative estimate of drug-likeness (QED) is 0.827. The summed E-state index contributed by atoms with van der Waals surface area (Å²) in [6.45, 7) is 2.66. The number of carbonyl (C=O) groups excluding carboxylic acids is 1. The summed E-state index contributed by atoms with van der Waals surface area (Å²) in [6.07, 6.45) is 3.06. The van der Waals surface area contributed by atoms with Gasteiger partial charge in [-0.05, 0) is 49.6 Å². The Morgan fingerprint density at radius 2 is 2.37 bits per heavy atom. The van der Waals surface area contributed by atoms with E-state index >= 15 is 0 Å². The maximum atomic E-state index is 12.3. The smallest absolute Gasteiger partial charge is 0.322 e. The number of anilines is 1. The van der Waals surface area contributed by atoms with E-state index < -0.39 is 0 Å². The van der Waals surface area contributed by atoms with Gasteiger partial charge in [-0.15, -0.1) is 0 Å². The lowest BCUT2D eigenvalue weighted by atomic mass is 10.1. The zero-order valence-electron chi connectivity index (χ0n) is 10.8. The summed E-state index contributed by atoms with van der Waals surface area (Å²) in [5.74, 6) is 0. The molecule has 0 aromatic heterocycles. The SMILES string of the molecule is O=C(NC1CCCNC1)N1CCc2cc(Cl)ccc21. The summed E-state index contributed by atoms with van der Waals surface area (Å²) in [5, 5.41) is 7.15. The maximum Gasteiger partial charge on any atom is 0.322 e. The topological polar surface area (TPSA) is 44.4 Å². The molecule has 0 radical (unpaired) electrons. The van der Waals surface area contributed by atoms with E-state index in [9.17, 15) is 4.79 Å². The minimum absolute atomic E-state index is 0.00905. The number of amides is 2. The Morgan fingerprint density at radius 1 is 1.47 bits per heavy atom. The number of benzene rings is 1. The first-order valence-electron chi connectivity index (χ1n) is 6.81. The Balaban J connectivity index is 1.69. The Bertz CT molecular complexity index is 486. The summed E-state index contributed by atoms with van der Waals surface area (Å²) >= 11 is 5.98. The molecular weight excluding hydrogens is 262 g/mol. The molecule has 1 atom stereocenters. The number of fused-ring (bicyclic) bond motifs is 1. The lowest BCUT2D eigenvalue weighted by Gasteiger charge is -2.27. The number of rotatable bonds is 1. The molecule has 2 amide bonds. The first-order chi connectivity index (χ1) is 9.24. The summed E-state index contributed by atoms with van der Waals surface area (Å²) in [6, 6.07) is 5.98. The van der Waals surface area contributed by atoms with Crippen LogP contribution >= 0.6 is 11.6 Å². The highest BCUT2D eigenvalue weighted by atomic mass is 35.5. The molecule has 2 N–H and O–H groups in total. The van der Waals surface area contributed by atoms with Crippen molar-refractivity contribution in [3.8, 4) is 0 Å². The van der Waals surface area contributed by atoms with Crippen molar-refractivity contribution in [2.24, 2.45) is 0 Å². The van der Waals surface area contributed by atoms with Gasteiger partial charge in [-0.25, -0.2) is 4.79 Å². The van der Waals surface area contributed by atoms with Crippen molar-refractivity contribution in [2.75, 3.05) is 24.5 Å². The van der Waals surface area contributed by atoms with Crippen LogP contribution < -0.4 is 15.5 Å². The van der Waals surface area contributed by atoms with Crippen LogP contribution in [0.1, 0.15) is 18.4 Å². The van der Waals surface area contributed by atoms with Crippen molar-refractivity contribution in [2.45, 2.75) is 25.3 Å². The molecule has 102 valence electrons. The molecule has 1 aromatic carbocycles. The Hall–Kier alpha value is -1.26. The predicted octanol–water partition coefficient (Wildman–Crippen LogP) is 2.16. The van der Waals surface area contributed by atoms with Gasteiger partial charge in [0.2, 0.25) is 0 Å². The fourth-order valence-corrected chi connectivity index (χ4v) is 3.00. The molecule has 0 saturated carbocycles. The predicted molar refractivity (Wildman–Crippen MR) is 76.9 cm³/mol. The molecule has 19 heavy (non-hydrogen) atoms. The van der Waals surface area contributed by atoms with Crippen molar-refractivity contribution in [3.05, 3.63) is 28.8 Å². The highest BCUT2D eigenvalue weighted by molar-refractivity contribution is 6.30. The fourth-order valence-electron chi connectivity index (χ4n) is 2.81. The maximum absolute atomic E-state index is 12.3. The van der Waals surface area contributed by atoms with E-state index in [2.05, 4.69) is 10.6 Å². The van der Waals surface area contributed by atoms with E-state index in [1.165, 1.54) is 0 Å². The van der Waals surface area contributed by atoms with Crippen LogP contribution in [0.5, 0.6) is 0 Å². The number of piperidine rings is 1. The van der Waals surface area contributed by atoms with E-state index in [4.69, 9.17) is 11.6 Å². The van der Waals surface area contributed by atoms with E-state index in [0.29, 0.717) is 0 Å². The van der Waals surface area contributed by atoms with Crippen molar-refractivity contribution < 1.29 is 4.79 Å². The zero-order valence-corrected chi connectivity index (χ0v) is 11.5. The number of nitrogens with one attached hydrogen (secondary N) is 2. The van der Waals surface area contributed by atoms with Crippen molar-refractivity contribution >= 4 is 23.3 Å². The standard InChI is InChI=1S/C14H18ClN3O/c15-11-3-4-13-10(8-11)5-7-18(13)14(19)17-12-2-1-6-16-9-12/h3-4,8,12,16H,1-2,5-7,9H2,(H,17,19). The van der Waals surface area contributed by atoms with Crippen LogP contribution in [-0.2, 0) is 6.42 Å². The Labute approximate surface area is 118 Å². The first kappa shape index (κ1) is 12.8. The highest BCUT2D eigenvalue weighted by Gasteiger charge is 2.26. The van der Waals surface area contributed by atoms with Gasteiger partial charge in [-0.2, -0.15) is 0 Å². The molecule has 2 heterocycles. The van der Waals surface area contributed by atoms with Crippen LogP contribution in [0.3, 0.4) is 0 Å². The van der Waals surface area contributed by atoms with Gasteiger partial charge in [0.05, 0.1) is 0 Å². The average Bonchev–Trinajstić information content (AvgIpc) is 2.82. The molecule has 1 aromatic rings. The Morgan fingerprint density at radius 3 is 3.16 bits per heavy atom. The van der Waals surface area contributed by atoms with Crippen molar-refractivity contribution in [1.82, 2.24) is 10.6 Å². The van der Waals surface area contributed by atoms with Crippen LogP contribution in [0, 0.1) is 0 Å². The monoisotopic (exact) mass is 279 g/mol. The van der Waals surface area contributed by atoms with Crippen LogP contribution in [0.2, 0.25) is 5.02 Å². The third kappa shape index (κ3) is 2.69. The zero-order chi connectivity index (χ0) is 13.2. The van der Waals surface area contributed by atoms with Gasteiger partial charge in [0, 0.05) is 29.8 Å². The van der Waals surface area contributed by atoms with Gasteiger partial charge in [0.25, 0.3) is 0 Å². The molecular formula is C14H18ClN3O. The summed E-state index contributed by atoms with van der Waals surface area (Å²) in [5.41, 5.74) is 2.15. The highest BCUT2D eigenvalue weighted by Crippen LogP contribution is 2.30. The van der Waals surface area contributed by atoms with E-state index in [1.54, 1.807) is 0 Å². The van der Waals surface area contributed by atoms with E-state index in [0.717, 1.165) is 55.2 Å². The molecule has 1 saturated heterocycles. The third-order valence-electron chi connectivity index (χ3n) is 3.81. The van der Waals surface area contributed by atoms with Crippen LogP contribution in [0.4, 0.5) is 10.5 Å². The minimum atomic E-state index is 0.00905. The molecule has 0 aliphatic carbocycles. The number of carbonyl (C=O) groups is 1. The van der Waals surface area contributed by atoms with E-state index in [-0.39, 0.29) is 12.1 Å². The van der Waals surface area contributed by atoms with Crippen molar-refractivity contribution in [3.63, 3.8) is 0 Å². The number of hydrogen-bond acceptors (Lipinski definition) is 2.